The van der Waals surface area contributed by atoms with E-state index in [2.05, 4.69) is 34.1 Å². The third-order valence-corrected chi connectivity index (χ3v) is 2.02. The highest BCUT2D eigenvalue weighted by molar-refractivity contribution is 6.28. The Morgan fingerprint density at radius 3 is 2.59 bits per heavy atom. The second-order valence-corrected chi connectivity index (χ2v) is 4.02. The summed E-state index contributed by atoms with van der Waals surface area (Å²) in [4.78, 5) is 11.5. The van der Waals surface area contributed by atoms with Crippen LogP contribution < -0.4 is 14.8 Å². The molecule has 1 heterocycles. The van der Waals surface area contributed by atoms with Crippen LogP contribution in [0, 0.1) is 0 Å². The molecule has 7 heteroatoms. The minimum Gasteiger partial charge on any atom is -0.467 e. The van der Waals surface area contributed by atoms with E-state index >= 15 is 0 Å². The van der Waals surface area contributed by atoms with Crippen LogP contribution in [0.5, 0.6) is 12.0 Å². The van der Waals surface area contributed by atoms with E-state index in [-0.39, 0.29) is 17.3 Å². The lowest BCUT2D eigenvalue weighted by molar-refractivity contribution is 0.273. The molecule has 0 fully saturated rings. The van der Waals surface area contributed by atoms with Crippen molar-refractivity contribution in [3.8, 4) is 12.0 Å². The van der Waals surface area contributed by atoms with E-state index in [1.807, 2.05) is 0 Å². The van der Waals surface area contributed by atoms with Gasteiger partial charge in [0.1, 0.15) is 0 Å². The first-order chi connectivity index (χ1) is 8.11. The van der Waals surface area contributed by atoms with Crippen molar-refractivity contribution in [3.63, 3.8) is 0 Å². The Balaban J connectivity index is 2.33. The Labute approximate surface area is 106 Å². The van der Waals surface area contributed by atoms with Crippen LogP contribution in [0.1, 0.15) is 20.3 Å². The van der Waals surface area contributed by atoms with Crippen molar-refractivity contribution in [1.82, 2.24) is 20.3 Å². The van der Waals surface area contributed by atoms with E-state index in [4.69, 9.17) is 21.1 Å². The zero-order chi connectivity index (χ0) is 12.7. The summed E-state index contributed by atoms with van der Waals surface area (Å²) in [5, 5.41) is 3.34. The van der Waals surface area contributed by atoms with Crippen molar-refractivity contribution < 1.29 is 9.47 Å². The molecule has 0 amide bonds. The summed E-state index contributed by atoms with van der Waals surface area (Å²) in [5.74, 6) is 0. The molecular formula is C10H17ClN4O2. The molecule has 1 aromatic heterocycles. The van der Waals surface area contributed by atoms with Gasteiger partial charge in [-0.25, -0.2) is 0 Å². The van der Waals surface area contributed by atoms with Crippen molar-refractivity contribution in [3.05, 3.63) is 5.28 Å². The molecule has 0 aromatic carbocycles. The van der Waals surface area contributed by atoms with Crippen LogP contribution in [0.2, 0.25) is 5.28 Å². The number of halogens is 1. The minimum absolute atomic E-state index is 0.0622. The Hall–Kier alpha value is -1.14. The first-order valence-corrected chi connectivity index (χ1v) is 5.81. The van der Waals surface area contributed by atoms with Crippen molar-refractivity contribution >= 4 is 11.6 Å². The molecule has 6 nitrogen and oxygen atoms in total. The van der Waals surface area contributed by atoms with Crippen molar-refractivity contribution in [2.75, 3.05) is 20.3 Å². The fourth-order valence-electron chi connectivity index (χ4n) is 1.10. The predicted molar refractivity (Wildman–Crippen MR) is 64.6 cm³/mol. The van der Waals surface area contributed by atoms with Crippen LogP contribution >= 0.6 is 11.6 Å². The van der Waals surface area contributed by atoms with E-state index in [1.165, 1.54) is 7.11 Å². The fourth-order valence-corrected chi connectivity index (χ4v) is 1.24. The third kappa shape index (κ3) is 5.65. The van der Waals surface area contributed by atoms with Crippen LogP contribution in [0.3, 0.4) is 0 Å². The lowest BCUT2D eigenvalue weighted by atomic mass is 10.3. The molecule has 0 aliphatic heterocycles. The first kappa shape index (κ1) is 13.9. The van der Waals surface area contributed by atoms with Crippen molar-refractivity contribution in [2.45, 2.75) is 26.3 Å². The summed E-state index contributed by atoms with van der Waals surface area (Å²) in [6.07, 6.45) is 0.865. The standard InChI is InChI=1S/C10H17ClN4O2/c1-7(2)12-5-4-6-17-10-14-8(11)13-9(15-10)16-3/h7,12H,4-6H2,1-3H3. The van der Waals surface area contributed by atoms with Crippen LogP contribution in [0.15, 0.2) is 0 Å². The van der Waals surface area contributed by atoms with Gasteiger partial charge in [0.05, 0.1) is 13.7 Å². The minimum atomic E-state index is 0.0622. The molecule has 1 rings (SSSR count). The van der Waals surface area contributed by atoms with Crippen molar-refractivity contribution in [1.29, 1.82) is 0 Å². The summed E-state index contributed by atoms with van der Waals surface area (Å²) in [6, 6.07) is 0.813. The summed E-state index contributed by atoms with van der Waals surface area (Å²) in [7, 11) is 1.46. The average Bonchev–Trinajstić information content (AvgIpc) is 2.27. The number of nitrogens with one attached hydrogen (secondary N) is 1. The predicted octanol–water partition coefficient (Wildman–Crippen LogP) is 1.30. The Morgan fingerprint density at radius 2 is 1.94 bits per heavy atom. The van der Waals surface area contributed by atoms with E-state index in [9.17, 15) is 0 Å². The SMILES string of the molecule is COc1nc(Cl)nc(OCCCNC(C)C)n1. The average molecular weight is 261 g/mol. The van der Waals surface area contributed by atoms with Crippen LogP contribution in [0.4, 0.5) is 0 Å². The van der Waals surface area contributed by atoms with Gasteiger partial charge in [0.15, 0.2) is 0 Å². The van der Waals surface area contributed by atoms with E-state index < -0.39 is 0 Å². The van der Waals surface area contributed by atoms with Gasteiger partial charge in [0, 0.05) is 6.04 Å². The molecule has 0 saturated carbocycles. The molecule has 0 aliphatic carbocycles. The molecule has 0 unspecified atom stereocenters. The van der Waals surface area contributed by atoms with Gasteiger partial charge >= 0.3 is 12.0 Å². The molecule has 17 heavy (non-hydrogen) atoms. The molecular weight excluding hydrogens is 244 g/mol. The Kier molecular flexibility index (Phi) is 5.93. The van der Waals surface area contributed by atoms with Gasteiger partial charge in [-0.05, 0) is 24.6 Å². The van der Waals surface area contributed by atoms with Gasteiger partial charge in [-0.3, -0.25) is 0 Å². The Morgan fingerprint density at radius 1 is 1.24 bits per heavy atom. The van der Waals surface area contributed by atoms with Crippen LogP contribution in [0.25, 0.3) is 0 Å². The number of hydrogen-bond acceptors (Lipinski definition) is 6. The summed E-state index contributed by atoms with van der Waals surface area (Å²) >= 11 is 5.68. The number of nitrogens with zero attached hydrogens (tertiary/aromatic N) is 3. The van der Waals surface area contributed by atoms with Gasteiger partial charge in [-0.15, -0.1) is 4.98 Å². The maximum atomic E-state index is 5.68. The molecule has 0 saturated heterocycles. The summed E-state index contributed by atoms with van der Waals surface area (Å²) in [5.41, 5.74) is 0. The molecule has 0 aliphatic rings. The number of ether oxygens (including phenoxy) is 2. The lowest BCUT2D eigenvalue weighted by Gasteiger charge is -2.08. The van der Waals surface area contributed by atoms with E-state index in [0.29, 0.717) is 12.6 Å². The molecule has 0 bridgehead atoms. The largest absolute Gasteiger partial charge is 0.467 e. The zero-order valence-corrected chi connectivity index (χ0v) is 11.0. The highest BCUT2D eigenvalue weighted by Gasteiger charge is 2.05. The second-order valence-electron chi connectivity index (χ2n) is 3.68. The molecule has 0 spiro atoms. The third-order valence-electron chi connectivity index (χ3n) is 1.85. The lowest BCUT2D eigenvalue weighted by Crippen LogP contribution is -2.24. The van der Waals surface area contributed by atoms with Crippen LogP contribution in [-0.2, 0) is 0 Å². The first-order valence-electron chi connectivity index (χ1n) is 5.43. The molecule has 0 atom stereocenters. The van der Waals surface area contributed by atoms with E-state index in [1.54, 1.807) is 0 Å². The van der Waals surface area contributed by atoms with Gasteiger partial charge in [-0.1, -0.05) is 13.8 Å². The van der Waals surface area contributed by atoms with Gasteiger partial charge in [0.2, 0.25) is 5.28 Å². The topological polar surface area (TPSA) is 69.2 Å². The normalized spacial score (nSPS) is 10.6. The van der Waals surface area contributed by atoms with Gasteiger partial charge in [-0.2, -0.15) is 9.97 Å². The quantitative estimate of drug-likeness (QED) is 0.746. The number of aromatic nitrogens is 3. The second kappa shape index (κ2) is 7.24. The number of methoxy groups -OCH3 is 1. The number of rotatable bonds is 7. The maximum absolute atomic E-state index is 5.68. The number of hydrogen-bond donors (Lipinski definition) is 1. The van der Waals surface area contributed by atoms with Gasteiger partial charge in [0.25, 0.3) is 0 Å². The smallest absolute Gasteiger partial charge is 0.323 e. The molecule has 1 aromatic rings. The van der Waals surface area contributed by atoms with Crippen molar-refractivity contribution in [2.24, 2.45) is 0 Å². The van der Waals surface area contributed by atoms with Crippen LogP contribution in [-0.4, -0.2) is 41.3 Å². The zero-order valence-electron chi connectivity index (χ0n) is 10.2. The monoisotopic (exact) mass is 260 g/mol. The Bertz CT molecular complexity index is 349. The summed E-state index contributed by atoms with van der Waals surface area (Å²) in [6.45, 7) is 5.59. The van der Waals surface area contributed by atoms with Gasteiger partial charge < -0.3 is 14.8 Å². The molecule has 1 N–H and O–H groups in total. The molecule has 96 valence electrons. The highest BCUT2D eigenvalue weighted by Crippen LogP contribution is 2.12. The fraction of sp³-hybridized carbons (Fsp3) is 0.700. The van der Waals surface area contributed by atoms with E-state index in [0.717, 1.165) is 13.0 Å². The summed E-state index contributed by atoms with van der Waals surface area (Å²) < 4.78 is 10.2. The highest BCUT2D eigenvalue weighted by atomic mass is 35.5. The molecule has 0 radical (unpaired) electrons. The maximum Gasteiger partial charge on any atom is 0.323 e.